The second-order valence-corrected chi connectivity index (χ2v) is 3.86. The predicted octanol–water partition coefficient (Wildman–Crippen LogP) is 1.41. The van der Waals surface area contributed by atoms with Gasteiger partial charge in [0, 0.05) is 0 Å². The number of nitrogens with zero attached hydrogens (tertiary/aromatic N) is 1. The van der Waals surface area contributed by atoms with E-state index in [1.165, 1.54) is 0 Å². The highest BCUT2D eigenvalue weighted by molar-refractivity contribution is 8.02. The van der Waals surface area contributed by atoms with Crippen LogP contribution in [0.15, 0.2) is 0 Å². The Kier molecular flexibility index (Phi) is 5.09. The molecule has 0 radical (unpaired) electrons. The molecule has 0 aromatic carbocycles. The molecular weight excluding hydrogens is 141 g/mol. The van der Waals surface area contributed by atoms with Gasteiger partial charge in [-0.2, -0.15) is 9.79 Å². The number of nitriles is 1. The largest absolute Gasteiger partial charge is 0.334 e. The van der Waals surface area contributed by atoms with Gasteiger partial charge in [0.2, 0.25) is 0 Å². The van der Waals surface area contributed by atoms with Gasteiger partial charge in [-0.3, -0.25) is 0 Å². The highest BCUT2D eigenvalue weighted by Crippen LogP contribution is 2.14. The fourth-order valence-electron chi connectivity index (χ4n) is 0.220. The molecule has 1 unspecified atom stereocenters. The van der Waals surface area contributed by atoms with Gasteiger partial charge in [-0.25, -0.2) is 0 Å². The highest BCUT2D eigenvalue weighted by Gasteiger charge is 1.97. The maximum absolute atomic E-state index is 8.02. The summed E-state index contributed by atoms with van der Waals surface area (Å²) in [6.45, 7) is 1.64. The first-order valence-corrected chi connectivity index (χ1v) is 4.90. The van der Waals surface area contributed by atoms with Gasteiger partial charge in [0.05, 0.1) is 12.5 Å². The van der Waals surface area contributed by atoms with E-state index in [-0.39, 0.29) is 0 Å². The van der Waals surface area contributed by atoms with E-state index in [4.69, 9.17) is 21.6 Å². The van der Waals surface area contributed by atoms with Crippen molar-refractivity contribution in [3.63, 3.8) is 0 Å². The van der Waals surface area contributed by atoms with Crippen LogP contribution in [-0.2, 0) is 16.3 Å². The molecule has 0 aliphatic rings. The van der Waals surface area contributed by atoms with Crippen LogP contribution >= 0.6 is 6.92 Å². The molecule has 4 heteroatoms. The van der Waals surface area contributed by atoms with Crippen molar-refractivity contribution < 1.29 is 4.52 Å². The Morgan fingerprint density at radius 2 is 2.50 bits per heavy atom. The van der Waals surface area contributed by atoms with Crippen molar-refractivity contribution in [2.24, 2.45) is 0 Å². The minimum atomic E-state index is -0.680. The van der Waals surface area contributed by atoms with Crippen LogP contribution in [0.2, 0.25) is 0 Å². The van der Waals surface area contributed by atoms with Crippen LogP contribution < -0.4 is 0 Å². The Bertz CT molecular complexity index is 120. The lowest BCUT2D eigenvalue weighted by Gasteiger charge is -1.80. The Morgan fingerprint density at radius 3 is 2.88 bits per heavy atom. The summed E-state index contributed by atoms with van der Waals surface area (Å²) in [4.78, 5) is 0. The molecule has 0 aromatic rings. The average molecular weight is 148 g/mol. The predicted molar refractivity (Wildman–Crippen MR) is 36.4 cm³/mol. The van der Waals surface area contributed by atoms with E-state index >= 15 is 0 Å². The van der Waals surface area contributed by atoms with E-state index in [2.05, 4.69) is 0 Å². The van der Waals surface area contributed by atoms with Crippen molar-refractivity contribution in [1.29, 1.82) is 5.26 Å². The molecule has 44 valence electrons. The average Bonchev–Trinajstić information content (AvgIpc) is 1.66. The lowest BCUT2D eigenvalue weighted by molar-refractivity contribution is 0.374. The SMILES string of the molecule is C[P+](=S)OCCC#N. The smallest absolute Gasteiger partial charge is 0.198 e. The van der Waals surface area contributed by atoms with Crippen LogP contribution in [0.5, 0.6) is 0 Å². The first kappa shape index (κ1) is 7.97. The fraction of sp³-hybridized carbons (Fsp3) is 0.750. The number of hydrogen-bond acceptors (Lipinski definition) is 3. The van der Waals surface area contributed by atoms with Gasteiger partial charge in [0.15, 0.2) is 11.8 Å². The van der Waals surface area contributed by atoms with E-state index in [9.17, 15) is 0 Å². The van der Waals surface area contributed by atoms with Gasteiger partial charge in [0.1, 0.15) is 13.3 Å². The van der Waals surface area contributed by atoms with Gasteiger partial charge in [-0.05, 0) is 0 Å². The second-order valence-electron chi connectivity index (χ2n) is 1.18. The normalized spacial score (nSPS) is 10.2. The highest BCUT2D eigenvalue weighted by atomic mass is 32.4. The molecule has 2 nitrogen and oxygen atoms in total. The van der Waals surface area contributed by atoms with Crippen LogP contribution in [0.3, 0.4) is 0 Å². The van der Waals surface area contributed by atoms with E-state index in [0.29, 0.717) is 13.0 Å². The zero-order chi connectivity index (χ0) is 6.41. The van der Waals surface area contributed by atoms with Crippen LogP contribution in [0.25, 0.3) is 0 Å². The van der Waals surface area contributed by atoms with Crippen LogP contribution in [0.4, 0.5) is 0 Å². The Morgan fingerprint density at radius 1 is 1.88 bits per heavy atom. The van der Waals surface area contributed by atoms with E-state index in [0.717, 1.165) is 0 Å². The summed E-state index contributed by atoms with van der Waals surface area (Å²) in [7, 11) is 0. The molecule has 0 rings (SSSR count). The molecule has 0 saturated heterocycles. The molecule has 0 spiro atoms. The molecule has 0 aliphatic heterocycles. The minimum absolute atomic E-state index is 0.448. The number of hydrogen-bond donors (Lipinski definition) is 0. The standard InChI is InChI=1S/C4H7NOPS/c1-7(8)6-4-2-3-5/h2,4H2,1H3/q+1. The van der Waals surface area contributed by atoms with Crippen LogP contribution in [0.1, 0.15) is 6.42 Å². The van der Waals surface area contributed by atoms with Crippen molar-refractivity contribution in [2.75, 3.05) is 13.3 Å². The zero-order valence-corrected chi connectivity index (χ0v) is 6.34. The third-order valence-electron chi connectivity index (χ3n) is 0.487. The molecule has 0 aromatic heterocycles. The van der Waals surface area contributed by atoms with Crippen molar-refractivity contribution in [1.82, 2.24) is 0 Å². The summed E-state index contributed by atoms with van der Waals surface area (Å²) in [6.07, 6.45) is 0.448. The maximum atomic E-state index is 8.02. The molecule has 1 atom stereocenters. The van der Waals surface area contributed by atoms with Crippen molar-refractivity contribution in [2.45, 2.75) is 6.42 Å². The number of rotatable bonds is 3. The topological polar surface area (TPSA) is 33.0 Å². The van der Waals surface area contributed by atoms with Gasteiger partial charge in [-0.1, -0.05) is 0 Å². The zero-order valence-electron chi connectivity index (χ0n) is 4.63. The summed E-state index contributed by atoms with van der Waals surface area (Å²) in [5, 5.41) is 8.02. The van der Waals surface area contributed by atoms with Crippen LogP contribution in [0, 0.1) is 11.3 Å². The summed E-state index contributed by atoms with van der Waals surface area (Å²) >= 11 is 4.73. The third kappa shape index (κ3) is 5.97. The van der Waals surface area contributed by atoms with Crippen molar-refractivity contribution in [3.8, 4) is 6.07 Å². The summed E-state index contributed by atoms with van der Waals surface area (Å²) < 4.78 is 4.94. The van der Waals surface area contributed by atoms with Gasteiger partial charge in [-0.15, -0.1) is 0 Å². The Balaban J connectivity index is 2.97. The Labute approximate surface area is 55.0 Å². The maximum Gasteiger partial charge on any atom is 0.334 e. The fourth-order valence-corrected chi connectivity index (χ4v) is 0.792. The molecule has 0 aliphatic carbocycles. The van der Waals surface area contributed by atoms with Gasteiger partial charge >= 0.3 is 6.92 Å². The first-order chi connectivity index (χ1) is 3.77. The second kappa shape index (κ2) is 5.11. The van der Waals surface area contributed by atoms with Crippen molar-refractivity contribution in [3.05, 3.63) is 0 Å². The summed E-state index contributed by atoms with van der Waals surface area (Å²) in [5.41, 5.74) is 0. The summed E-state index contributed by atoms with van der Waals surface area (Å²) in [6, 6.07) is 1.96. The quantitative estimate of drug-likeness (QED) is 0.448. The van der Waals surface area contributed by atoms with E-state index in [1.54, 1.807) is 0 Å². The van der Waals surface area contributed by atoms with E-state index < -0.39 is 6.92 Å². The minimum Gasteiger partial charge on any atom is -0.198 e. The van der Waals surface area contributed by atoms with Crippen LogP contribution in [-0.4, -0.2) is 13.3 Å². The summed E-state index contributed by atoms with van der Waals surface area (Å²) in [5.74, 6) is 0. The molecule has 0 heterocycles. The lowest BCUT2D eigenvalue weighted by atomic mass is 10.5. The molecular formula is C4H7NOPS+. The molecule has 0 saturated carbocycles. The van der Waals surface area contributed by atoms with Crippen molar-refractivity contribution >= 4 is 18.7 Å². The van der Waals surface area contributed by atoms with Gasteiger partial charge < -0.3 is 0 Å². The molecule has 0 bridgehead atoms. The molecule has 0 amide bonds. The Hall–Kier alpha value is -0.0300. The monoisotopic (exact) mass is 148 g/mol. The third-order valence-corrected chi connectivity index (χ3v) is 1.35. The van der Waals surface area contributed by atoms with E-state index in [1.807, 2.05) is 12.7 Å². The molecule has 8 heavy (non-hydrogen) atoms. The van der Waals surface area contributed by atoms with Gasteiger partial charge in [0.25, 0.3) is 0 Å². The first-order valence-electron chi connectivity index (χ1n) is 2.18. The lowest BCUT2D eigenvalue weighted by Crippen LogP contribution is -1.81. The molecule has 0 fully saturated rings. The molecule has 0 N–H and O–H groups in total.